The van der Waals surface area contributed by atoms with Gasteiger partial charge < -0.3 is 15.4 Å². The summed E-state index contributed by atoms with van der Waals surface area (Å²) < 4.78 is 4.70. The number of nitrogens with one attached hydrogen (secondary N) is 2. The van der Waals surface area contributed by atoms with E-state index in [4.69, 9.17) is 4.74 Å². The maximum absolute atomic E-state index is 12.6. The molecule has 142 valence electrons. The van der Waals surface area contributed by atoms with Gasteiger partial charge in [-0.25, -0.2) is 14.8 Å². The first-order valence-corrected chi connectivity index (χ1v) is 8.64. The zero-order valence-corrected chi connectivity index (χ0v) is 15.8. The number of amides is 1. The van der Waals surface area contributed by atoms with Crippen LogP contribution in [0, 0.1) is 13.8 Å². The van der Waals surface area contributed by atoms with Gasteiger partial charge in [-0.3, -0.25) is 4.79 Å². The number of methoxy groups -OCH3 is 1. The average Bonchev–Trinajstić information content (AvgIpc) is 2.69. The first-order valence-electron chi connectivity index (χ1n) is 8.64. The molecule has 0 aliphatic heterocycles. The van der Waals surface area contributed by atoms with Gasteiger partial charge in [0.2, 0.25) is 5.95 Å². The second kappa shape index (κ2) is 8.30. The van der Waals surface area contributed by atoms with Gasteiger partial charge in [-0.15, -0.1) is 0 Å². The Labute approximate surface area is 162 Å². The minimum Gasteiger partial charge on any atom is -0.465 e. The maximum Gasteiger partial charge on any atom is 0.337 e. The second-order valence-corrected chi connectivity index (χ2v) is 6.18. The van der Waals surface area contributed by atoms with Crippen molar-refractivity contribution in [1.82, 2.24) is 9.97 Å². The maximum atomic E-state index is 12.6. The van der Waals surface area contributed by atoms with E-state index in [9.17, 15) is 9.59 Å². The predicted molar refractivity (Wildman–Crippen MR) is 107 cm³/mol. The molecule has 1 heterocycles. The summed E-state index contributed by atoms with van der Waals surface area (Å²) in [5, 5.41) is 5.88. The summed E-state index contributed by atoms with van der Waals surface area (Å²) in [6.45, 7) is 3.76. The van der Waals surface area contributed by atoms with Crippen molar-refractivity contribution in [3.8, 4) is 0 Å². The lowest BCUT2D eigenvalue weighted by molar-refractivity contribution is 0.0600. The summed E-state index contributed by atoms with van der Waals surface area (Å²) in [5.41, 5.74) is 3.59. The van der Waals surface area contributed by atoms with Gasteiger partial charge >= 0.3 is 5.97 Å². The fraction of sp³-hybridized carbons (Fsp3) is 0.143. The molecule has 0 aliphatic carbocycles. The Bertz CT molecular complexity index is 1030. The number of aromatic nitrogens is 2. The van der Waals surface area contributed by atoms with Gasteiger partial charge in [-0.05, 0) is 49.7 Å². The van der Waals surface area contributed by atoms with Gasteiger partial charge in [0, 0.05) is 17.1 Å². The summed E-state index contributed by atoms with van der Waals surface area (Å²) >= 11 is 0. The number of carbonyl (C=O) groups is 2. The van der Waals surface area contributed by atoms with E-state index in [0.717, 1.165) is 11.3 Å². The molecule has 7 nitrogen and oxygen atoms in total. The number of hydrogen-bond donors (Lipinski definition) is 2. The van der Waals surface area contributed by atoms with E-state index in [-0.39, 0.29) is 5.69 Å². The molecule has 3 aromatic rings. The quantitative estimate of drug-likeness (QED) is 0.657. The molecule has 3 rings (SSSR count). The lowest BCUT2D eigenvalue weighted by atomic mass is 10.2. The van der Waals surface area contributed by atoms with Crippen LogP contribution in [0.3, 0.4) is 0 Å². The van der Waals surface area contributed by atoms with Crippen LogP contribution in [0.25, 0.3) is 0 Å². The van der Waals surface area contributed by atoms with Crippen LogP contribution >= 0.6 is 0 Å². The monoisotopic (exact) mass is 376 g/mol. The number of esters is 1. The van der Waals surface area contributed by atoms with Crippen LogP contribution in [0.1, 0.15) is 32.1 Å². The fourth-order valence-electron chi connectivity index (χ4n) is 2.61. The lowest BCUT2D eigenvalue weighted by Crippen LogP contribution is -2.16. The minimum absolute atomic E-state index is 0.215. The van der Waals surface area contributed by atoms with Crippen molar-refractivity contribution < 1.29 is 14.3 Å². The van der Waals surface area contributed by atoms with Gasteiger partial charge in [0.15, 0.2) is 0 Å². The molecule has 0 unspecified atom stereocenters. The molecule has 0 spiro atoms. The van der Waals surface area contributed by atoms with E-state index >= 15 is 0 Å². The van der Waals surface area contributed by atoms with E-state index in [1.807, 2.05) is 31.2 Å². The van der Waals surface area contributed by atoms with Gasteiger partial charge in [0.1, 0.15) is 5.69 Å². The standard InChI is InChI=1S/C21H20N4O3/c1-13-7-4-5-10-17(13)24-21-22-14(2)11-18(25-21)19(26)23-16-9-6-8-15(12-16)20(27)28-3/h4-12H,1-3H3,(H,23,26)(H,22,24,25). The Morgan fingerprint density at radius 2 is 1.75 bits per heavy atom. The van der Waals surface area contributed by atoms with E-state index in [1.54, 1.807) is 37.3 Å². The highest BCUT2D eigenvalue weighted by molar-refractivity contribution is 6.03. The van der Waals surface area contributed by atoms with Crippen molar-refractivity contribution in [3.63, 3.8) is 0 Å². The number of aryl methyl sites for hydroxylation is 2. The van der Waals surface area contributed by atoms with Crippen molar-refractivity contribution >= 4 is 29.2 Å². The third-order valence-electron chi connectivity index (χ3n) is 4.02. The number of benzene rings is 2. The van der Waals surface area contributed by atoms with Crippen LogP contribution in [0.4, 0.5) is 17.3 Å². The average molecular weight is 376 g/mol. The lowest BCUT2D eigenvalue weighted by Gasteiger charge is -2.11. The van der Waals surface area contributed by atoms with E-state index in [2.05, 4.69) is 20.6 Å². The Morgan fingerprint density at radius 1 is 0.964 bits per heavy atom. The number of para-hydroxylation sites is 1. The Kier molecular flexibility index (Phi) is 5.64. The second-order valence-electron chi connectivity index (χ2n) is 6.18. The molecule has 0 atom stereocenters. The summed E-state index contributed by atoms with van der Waals surface area (Å²) in [6, 6.07) is 15.8. The molecular weight excluding hydrogens is 356 g/mol. The van der Waals surface area contributed by atoms with Crippen LogP contribution in [0.2, 0.25) is 0 Å². The van der Waals surface area contributed by atoms with E-state index < -0.39 is 11.9 Å². The molecule has 2 aromatic carbocycles. The highest BCUT2D eigenvalue weighted by Crippen LogP contribution is 2.19. The molecule has 0 saturated heterocycles. The molecule has 0 fully saturated rings. The first kappa shape index (κ1) is 19.0. The zero-order chi connectivity index (χ0) is 20.1. The van der Waals surface area contributed by atoms with Gasteiger partial charge in [0.05, 0.1) is 12.7 Å². The number of hydrogen-bond acceptors (Lipinski definition) is 6. The Balaban J connectivity index is 1.82. The fourth-order valence-corrected chi connectivity index (χ4v) is 2.61. The highest BCUT2D eigenvalue weighted by atomic mass is 16.5. The molecule has 0 radical (unpaired) electrons. The van der Waals surface area contributed by atoms with Crippen LogP contribution < -0.4 is 10.6 Å². The molecule has 1 amide bonds. The van der Waals surface area contributed by atoms with Crippen molar-refractivity contribution in [2.45, 2.75) is 13.8 Å². The summed E-state index contributed by atoms with van der Waals surface area (Å²) in [5.74, 6) is -0.540. The molecule has 0 saturated carbocycles. The topological polar surface area (TPSA) is 93.2 Å². The van der Waals surface area contributed by atoms with Crippen LogP contribution in [0.5, 0.6) is 0 Å². The molecular formula is C21H20N4O3. The molecule has 2 N–H and O–H groups in total. The van der Waals surface area contributed by atoms with Crippen LogP contribution in [-0.2, 0) is 4.74 Å². The van der Waals surface area contributed by atoms with Crippen LogP contribution in [0.15, 0.2) is 54.6 Å². The third-order valence-corrected chi connectivity index (χ3v) is 4.02. The number of rotatable bonds is 5. The van der Waals surface area contributed by atoms with E-state index in [0.29, 0.717) is 22.9 Å². The molecule has 7 heteroatoms. The number of nitrogens with zero attached hydrogens (tertiary/aromatic N) is 2. The number of ether oxygens (including phenoxy) is 1. The normalized spacial score (nSPS) is 10.2. The van der Waals surface area contributed by atoms with Crippen molar-refractivity contribution in [2.75, 3.05) is 17.7 Å². The first-order chi connectivity index (χ1) is 13.5. The van der Waals surface area contributed by atoms with E-state index in [1.165, 1.54) is 7.11 Å². The Morgan fingerprint density at radius 3 is 2.50 bits per heavy atom. The Hall–Kier alpha value is -3.74. The molecule has 28 heavy (non-hydrogen) atoms. The zero-order valence-electron chi connectivity index (χ0n) is 15.8. The SMILES string of the molecule is COC(=O)c1cccc(NC(=O)c2cc(C)nc(Nc3ccccc3C)n2)c1. The molecule has 0 bridgehead atoms. The van der Waals surface area contributed by atoms with Crippen molar-refractivity contribution in [1.29, 1.82) is 0 Å². The summed E-state index contributed by atoms with van der Waals surface area (Å²) in [4.78, 5) is 32.9. The van der Waals surface area contributed by atoms with Crippen molar-refractivity contribution in [2.24, 2.45) is 0 Å². The minimum atomic E-state index is -0.473. The highest BCUT2D eigenvalue weighted by Gasteiger charge is 2.13. The molecule has 0 aliphatic rings. The third kappa shape index (κ3) is 4.50. The van der Waals surface area contributed by atoms with Gasteiger partial charge in [-0.2, -0.15) is 0 Å². The molecule has 1 aromatic heterocycles. The number of anilines is 3. The number of carbonyl (C=O) groups excluding carboxylic acids is 2. The smallest absolute Gasteiger partial charge is 0.337 e. The van der Waals surface area contributed by atoms with Gasteiger partial charge in [-0.1, -0.05) is 24.3 Å². The predicted octanol–water partition coefficient (Wildman–Crippen LogP) is 3.88. The van der Waals surface area contributed by atoms with Gasteiger partial charge in [0.25, 0.3) is 5.91 Å². The van der Waals surface area contributed by atoms with Crippen molar-refractivity contribution in [3.05, 3.63) is 77.1 Å². The summed E-state index contributed by atoms with van der Waals surface area (Å²) in [6.07, 6.45) is 0. The largest absolute Gasteiger partial charge is 0.465 e. The van der Waals surface area contributed by atoms with Crippen LogP contribution in [-0.4, -0.2) is 29.0 Å². The summed E-state index contributed by atoms with van der Waals surface area (Å²) in [7, 11) is 1.31.